The van der Waals surface area contributed by atoms with E-state index in [0.717, 1.165) is 25.0 Å². The first-order valence-corrected chi connectivity index (χ1v) is 6.78. The largest absolute Gasteiger partial charge is 0.416 e. The number of aromatic amines is 1. The van der Waals surface area contributed by atoms with Crippen LogP contribution in [0, 0.1) is 0 Å². The third kappa shape index (κ3) is 3.26. The van der Waals surface area contributed by atoms with Crippen LogP contribution in [0.2, 0.25) is 0 Å². The molecule has 0 spiro atoms. The first-order valence-electron chi connectivity index (χ1n) is 6.78. The molecule has 3 rings (SSSR count). The maximum absolute atomic E-state index is 12.6. The van der Waals surface area contributed by atoms with E-state index in [1.54, 1.807) is 0 Å². The van der Waals surface area contributed by atoms with Crippen molar-refractivity contribution in [1.82, 2.24) is 4.98 Å². The highest BCUT2D eigenvalue weighted by molar-refractivity contribution is 5.99. The van der Waals surface area contributed by atoms with Crippen molar-refractivity contribution in [1.29, 1.82) is 0 Å². The zero-order valence-electron chi connectivity index (χ0n) is 11.2. The summed E-state index contributed by atoms with van der Waals surface area (Å²) in [4.78, 5) is 14.8. The van der Waals surface area contributed by atoms with Gasteiger partial charge in [0.15, 0.2) is 5.78 Å². The molecule has 1 heterocycles. The number of ether oxygens (including phenoxy) is 1. The van der Waals surface area contributed by atoms with Crippen LogP contribution < -0.4 is 0 Å². The molecule has 3 nitrogen and oxygen atoms in total. The summed E-state index contributed by atoms with van der Waals surface area (Å²) in [6.45, 7) is 0.354. The number of nitrogens with one attached hydrogen (secondary N) is 1. The van der Waals surface area contributed by atoms with E-state index in [0.29, 0.717) is 23.2 Å². The predicted octanol–water partition coefficient (Wildman–Crippen LogP) is 3.94. The summed E-state index contributed by atoms with van der Waals surface area (Å²) in [5.41, 5.74) is 0.128. The molecule has 0 radical (unpaired) electrons. The molecule has 1 N–H and O–H groups in total. The summed E-state index contributed by atoms with van der Waals surface area (Å²) in [7, 11) is 0. The Kier molecular flexibility index (Phi) is 3.49. The summed E-state index contributed by atoms with van der Waals surface area (Å²) in [5, 5.41) is 0.385. The summed E-state index contributed by atoms with van der Waals surface area (Å²) in [6, 6.07) is 4.85. The molecule has 6 heteroatoms. The van der Waals surface area contributed by atoms with Crippen molar-refractivity contribution in [3.8, 4) is 0 Å². The van der Waals surface area contributed by atoms with Crippen LogP contribution in [-0.4, -0.2) is 23.5 Å². The number of carbonyl (C=O) groups is 1. The molecule has 1 aliphatic carbocycles. The van der Waals surface area contributed by atoms with Crippen LogP contribution in [0.5, 0.6) is 0 Å². The van der Waals surface area contributed by atoms with Gasteiger partial charge in [0.2, 0.25) is 0 Å². The highest BCUT2D eigenvalue weighted by Crippen LogP contribution is 2.31. The van der Waals surface area contributed by atoms with Gasteiger partial charge in [-0.3, -0.25) is 4.79 Å². The number of aromatic nitrogens is 1. The molecule has 1 aromatic heterocycles. The van der Waals surface area contributed by atoms with E-state index in [1.807, 2.05) is 0 Å². The van der Waals surface area contributed by atoms with Crippen molar-refractivity contribution in [2.45, 2.75) is 31.5 Å². The van der Waals surface area contributed by atoms with E-state index in [-0.39, 0.29) is 18.3 Å². The molecule has 0 saturated heterocycles. The Morgan fingerprint density at radius 1 is 1.29 bits per heavy atom. The second kappa shape index (κ2) is 5.18. The third-order valence-electron chi connectivity index (χ3n) is 3.46. The highest BCUT2D eigenvalue weighted by atomic mass is 19.4. The number of fused-ring (bicyclic) bond motifs is 1. The van der Waals surface area contributed by atoms with Crippen LogP contribution in [0.3, 0.4) is 0 Å². The monoisotopic (exact) mass is 297 g/mol. The van der Waals surface area contributed by atoms with Crippen molar-refractivity contribution < 1.29 is 22.7 Å². The quantitative estimate of drug-likeness (QED) is 0.849. The molecule has 1 saturated carbocycles. The molecule has 0 aliphatic heterocycles. The molecule has 1 fully saturated rings. The van der Waals surface area contributed by atoms with Gasteiger partial charge < -0.3 is 9.72 Å². The van der Waals surface area contributed by atoms with Crippen LogP contribution >= 0.6 is 0 Å². The minimum atomic E-state index is -4.38. The fraction of sp³-hybridized carbons (Fsp3) is 0.400. The second-order valence-corrected chi connectivity index (χ2v) is 5.23. The number of carbonyl (C=O) groups excluding carboxylic acids is 1. The fourth-order valence-corrected chi connectivity index (χ4v) is 2.15. The van der Waals surface area contributed by atoms with Gasteiger partial charge in [-0.05, 0) is 37.1 Å². The number of Topliss-reactive ketones (excluding diaryl/α,β-unsaturated/α-hetero) is 1. The molecule has 2 aromatic rings. The fourth-order valence-electron chi connectivity index (χ4n) is 2.15. The van der Waals surface area contributed by atoms with Gasteiger partial charge in [-0.1, -0.05) is 0 Å². The molecule has 112 valence electrons. The Hall–Kier alpha value is -1.82. The van der Waals surface area contributed by atoms with Gasteiger partial charge in [0.1, 0.15) is 0 Å². The first kappa shape index (κ1) is 14.1. The van der Waals surface area contributed by atoms with Crippen molar-refractivity contribution in [3.05, 3.63) is 35.5 Å². The highest BCUT2D eigenvalue weighted by Gasteiger charge is 2.30. The van der Waals surface area contributed by atoms with E-state index in [9.17, 15) is 18.0 Å². The van der Waals surface area contributed by atoms with Crippen LogP contribution in [0.1, 0.15) is 35.3 Å². The minimum Gasteiger partial charge on any atom is -0.378 e. The van der Waals surface area contributed by atoms with Crippen LogP contribution in [0.25, 0.3) is 10.9 Å². The average Bonchev–Trinajstić information content (AvgIpc) is 3.13. The van der Waals surface area contributed by atoms with E-state index in [2.05, 4.69) is 4.98 Å². The molecule has 0 atom stereocenters. The lowest BCUT2D eigenvalue weighted by molar-refractivity contribution is -0.137. The third-order valence-corrected chi connectivity index (χ3v) is 3.46. The Morgan fingerprint density at radius 3 is 2.71 bits per heavy atom. The lowest BCUT2D eigenvalue weighted by Crippen LogP contribution is -2.05. The van der Waals surface area contributed by atoms with E-state index >= 15 is 0 Å². The van der Waals surface area contributed by atoms with Crippen LogP contribution in [0.15, 0.2) is 24.3 Å². The molecular weight excluding hydrogens is 283 g/mol. The van der Waals surface area contributed by atoms with Gasteiger partial charge in [0, 0.05) is 17.3 Å². The van der Waals surface area contributed by atoms with Crippen molar-refractivity contribution >= 4 is 16.7 Å². The Bertz CT molecular complexity index is 671. The van der Waals surface area contributed by atoms with Gasteiger partial charge in [-0.2, -0.15) is 13.2 Å². The van der Waals surface area contributed by atoms with Crippen molar-refractivity contribution in [2.24, 2.45) is 0 Å². The lowest BCUT2D eigenvalue weighted by atomic mass is 10.1. The van der Waals surface area contributed by atoms with Gasteiger partial charge in [-0.15, -0.1) is 0 Å². The number of alkyl halides is 3. The molecule has 0 unspecified atom stereocenters. The molecular formula is C15H14F3NO2. The average molecular weight is 297 g/mol. The van der Waals surface area contributed by atoms with Crippen LogP contribution in [-0.2, 0) is 10.9 Å². The number of rotatable bonds is 5. The topological polar surface area (TPSA) is 42.1 Å². The van der Waals surface area contributed by atoms with Crippen molar-refractivity contribution in [3.63, 3.8) is 0 Å². The smallest absolute Gasteiger partial charge is 0.378 e. The number of ketones is 1. The zero-order valence-corrected chi connectivity index (χ0v) is 11.2. The van der Waals surface area contributed by atoms with Gasteiger partial charge in [-0.25, -0.2) is 0 Å². The Labute approximate surface area is 119 Å². The predicted molar refractivity (Wildman–Crippen MR) is 71.2 cm³/mol. The minimum absolute atomic E-state index is 0.152. The number of hydrogen-bond donors (Lipinski definition) is 1. The molecule has 0 bridgehead atoms. The Balaban J connectivity index is 1.74. The lowest BCUT2D eigenvalue weighted by Gasteiger charge is -2.05. The van der Waals surface area contributed by atoms with E-state index in [4.69, 9.17) is 4.74 Å². The zero-order chi connectivity index (χ0) is 15.0. The first-order chi connectivity index (χ1) is 9.93. The van der Waals surface area contributed by atoms with Crippen LogP contribution in [0.4, 0.5) is 13.2 Å². The summed E-state index contributed by atoms with van der Waals surface area (Å²) < 4.78 is 43.3. The van der Waals surface area contributed by atoms with Gasteiger partial charge in [0.25, 0.3) is 0 Å². The Morgan fingerprint density at radius 2 is 2.05 bits per heavy atom. The van der Waals surface area contributed by atoms with Gasteiger partial charge >= 0.3 is 6.18 Å². The second-order valence-electron chi connectivity index (χ2n) is 5.23. The van der Waals surface area contributed by atoms with Crippen molar-refractivity contribution in [2.75, 3.05) is 6.61 Å². The van der Waals surface area contributed by atoms with Gasteiger partial charge in [0.05, 0.1) is 24.0 Å². The van der Waals surface area contributed by atoms with E-state index < -0.39 is 11.7 Å². The number of hydrogen-bond acceptors (Lipinski definition) is 2. The maximum atomic E-state index is 12.6. The summed E-state index contributed by atoms with van der Waals surface area (Å²) >= 11 is 0. The number of benzene rings is 1. The molecule has 21 heavy (non-hydrogen) atoms. The van der Waals surface area contributed by atoms with E-state index in [1.165, 1.54) is 12.1 Å². The summed E-state index contributed by atoms with van der Waals surface area (Å²) in [5.74, 6) is -0.152. The maximum Gasteiger partial charge on any atom is 0.416 e. The number of halogens is 3. The standard InChI is InChI=1S/C15H14F3NO2/c16-15(17,18)10-1-4-12-9(7-10)8-13(19-12)14(20)5-6-21-11-2-3-11/h1,4,7-8,11,19H,2-3,5-6H2. The number of H-pyrrole nitrogens is 1. The normalized spacial score (nSPS) is 15.6. The summed E-state index contributed by atoms with van der Waals surface area (Å²) in [6.07, 6.45) is -1.78. The SMILES string of the molecule is O=C(CCOC1CC1)c1cc2cc(C(F)(F)F)ccc2[nH]1. The molecule has 1 aromatic carbocycles. The molecule has 1 aliphatic rings. The molecule has 0 amide bonds.